The highest BCUT2D eigenvalue weighted by molar-refractivity contribution is 7.90. The maximum absolute atomic E-state index is 12.4. The van der Waals surface area contributed by atoms with Gasteiger partial charge >= 0.3 is 6.18 Å². The van der Waals surface area contributed by atoms with E-state index >= 15 is 0 Å². The van der Waals surface area contributed by atoms with Gasteiger partial charge in [-0.25, -0.2) is 8.42 Å². The zero-order chi connectivity index (χ0) is 18.7. The normalized spacial score (nSPS) is 12.0. The molecule has 0 unspecified atom stereocenters. The lowest BCUT2D eigenvalue weighted by Crippen LogP contribution is -2.15. The van der Waals surface area contributed by atoms with E-state index in [0.717, 1.165) is 6.26 Å². The maximum atomic E-state index is 12.4. The number of benzene rings is 2. The van der Waals surface area contributed by atoms with Crippen LogP contribution in [0.3, 0.4) is 0 Å². The van der Waals surface area contributed by atoms with Crippen LogP contribution in [0.25, 0.3) is 0 Å². The van der Waals surface area contributed by atoms with Crippen molar-refractivity contribution in [3.8, 4) is 0 Å². The molecule has 0 aliphatic carbocycles. The highest BCUT2D eigenvalue weighted by Crippen LogP contribution is 2.25. The van der Waals surface area contributed by atoms with Gasteiger partial charge < -0.3 is 5.32 Å². The first-order chi connectivity index (χ1) is 11.6. The molecule has 0 radical (unpaired) electrons. The minimum Gasteiger partial charge on any atom is -0.322 e. The molecule has 0 atom stereocenters. The molecule has 4 nitrogen and oxygen atoms in total. The minimum absolute atomic E-state index is 0.0784. The Morgan fingerprint density at radius 3 is 2.20 bits per heavy atom. The smallest absolute Gasteiger partial charge is 0.322 e. The van der Waals surface area contributed by atoms with Gasteiger partial charge in [0.25, 0.3) is 5.91 Å². The lowest BCUT2D eigenvalue weighted by Gasteiger charge is -2.12. The molecule has 0 spiro atoms. The third kappa shape index (κ3) is 5.60. The molecule has 2 rings (SSSR count). The Morgan fingerprint density at radius 2 is 1.64 bits per heavy atom. The second-order valence-corrected chi connectivity index (χ2v) is 7.54. The third-order valence-corrected chi connectivity index (χ3v) is 4.62. The fraction of sp³-hybridized carbons (Fsp3) is 0.235. The Morgan fingerprint density at radius 1 is 1.04 bits per heavy atom. The molecule has 2 aromatic rings. The van der Waals surface area contributed by atoms with Crippen LogP contribution in [0.2, 0.25) is 0 Å². The van der Waals surface area contributed by atoms with Crippen molar-refractivity contribution >= 4 is 21.4 Å². The number of para-hydroxylation sites is 1. The van der Waals surface area contributed by atoms with Crippen molar-refractivity contribution < 1.29 is 26.4 Å². The summed E-state index contributed by atoms with van der Waals surface area (Å²) >= 11 is 0. The summed E-state index contributed by atoms with van der Waals surface area (Å²) < 4.78 is 60.0. The number of sulfone groups is 1. The van der Waals surface area contributed by atoms with E-state index in [4.69, 9.17) is 0 Å². The Kier molecular flexibility index (Phi) is 5.52. The Hall–Kier alpha value is -2.35. The van der Waals surface area contributed by atoms with Gasteiger partial charge in [0, 0.05) is 23.9 Å². The average molecular weight is 371 g/mol. The number of nitrogens with one attached hydrogen (secondary N) is 1. The lowest BCUT2D eigenvalue weighted by atomic mass is 10.1. The molecule has 1 N–H and O–H groups in total. The van der Waals surface area contributed by atoms with Crippen LogP contribution in [0.5, 0.6) is 0 Å². The van der Waals surface area contributed by atoms with Crippen LogP contribution in [0, 0.1) is 0 Å². The van der Waals surface area contributed by atoms with Crippen LogP contribution >= 0.6 is 0 Å². The number of amides is 1. The number of alkyl halides is 3. The van der Waals surface area contributed by atoms with E-state index in [1.807, 2.05) is 0 Å². The molecule has 134 valence electrons. The van der Waals surface area contributed by atoms with Crippen molar-refractivity contribution in [3.63, 3.8) is 0 Å². The third-order valence-electron chi connectivity index (χ3n) is 3.49. The standard InChI is InChI=1S/C17H16F3NO3S/c1-25(23,24)14-8-6-13(7-9-14)16(22)21-15-5-3-2-4-12(15)10-11-17(18,19)20/h2-9H,10-11H2,1H3,(H,21,22). The second-order valence-electron chi connectivity index (χ2n) is 5.52. The molecule has 0 aliphatic rings. The summed E-state index contributed by atoms with van der Waals surface area (Å²) in [5, 5.41) is 2.57. The molecule has 2 aromatic carbocycles. The molecular formula is C17H16F3NO3S. The monoisotopic (exact) mass is 371 g/mol. The molecule has 25 heavy (non-hydrogen) atoms. The van der Waals surface area contributed by atoms with Crippen molar-refractivity contribution in [1.29, 1.82) is 0 Å². The molecule has 0 aliphatic heterocycles. The minimum atomic E-state index is -4.28. The zero-order valence-electron chi connectivity index (χ0n) is 13.3. The Bertz CT molecular complexity index is 859. The van der Waals surface area contributed by atoms with Crippen LogP contribution in [0.4, 0.5) is 18.9 Å². The number of anilines is 1. The summed E-state index contributed by atoms with van der Waals surface area (Å²) in [5.41, 5.74) is 0.878. The van der Waals surface area contributed by atoms with Gasteiger partial charge in [-0.1, -0.05) is 18.2 Å². The van der Waals surface area contributed by atoms with Crippen molar-refractivity contribution in [2.75, 3.05) is 11.6 Å². The van der Waals surface area contributed by atoms with Crippen LogP contribution in [-0.4, -0.2) is 26.8 Å². The van der Waals surface area contributed by atoms with Crippen LogP contribution < -0.4 is 5.32 Å². The van der Waals surface area contributed by atoms with Crippen molar-refractivity contribution in [2.24, 2.45) is 0 Å². The van der Waals surface area contributed by atoms with Crippen molar-refractivity contribution in [1.82, 2.24) is 0 Å². The quantitative estimate of drug-likeness (QED) is 0.869. The molecule has 0 aromatic heterocycles. The summed E-state index contributed by atoms with van der Waals surface area (Å²) in [6.07, 6.45) is -4.45. The summed E-state index contributed by atoms with van der Waals surface area (Å²) in [6.45, 7) is 0. The fourth-order valence-corrected chi connectivity index (χ4v) is 2.82. The topological polar surface area (TPSA) is 63.2 Å². The summed E-state index contributed by atoms with van der Waals surface area (Å²) in [5.74, 6) is -0.528. The molecular weight excluding hydrogens is 355 g/mol. The SMILES string of the molecule is CS(=O)(=O)c1ccc(C(=O)Nc2ccccc2CCC(F)(F)F)cc1. The van der Waals surface area contributed by atoms with E-state index < -0.39 is 28.3 Å². The van der Waals surface area contributed by atoms with E-state index in [2.05, 4.69) is 5.32 Å². The lowest BCUT2D eigenvalue weighted by molar-refractivity contribution is -0.133. The number of hydrogen-bond donors (Lipinski definition) is 1. The first kappa shape index (κ1) is 19.0. The fourth-order valence-electron chi connectivity index (χ4n) is 2.18. The molecule has 8 heteroatoms. The Labute approximate surface area is 143 Å². The van der Waals surface area contributed by atoms with Gasteiger partial charge in [0.2, 0.25) is 0 Å². The van der Waals surface area contributed by atoms with Gasteiger partial charge in [0.05, 0.1) is 4.90 Å². The highest BCUT2D eigenvalue weighted by atomic mass is 32.2. The van der Waals surface area contributed by atoms with Gasteiger partial charge in [-0.15, -0.1) is 0 Å². The summed E-state index contributed by atoms with van der Waals surface area (Å²) in [4.78, 5) is 12.3. The number of aryl methyl sites for hydroxylation is 1. The number of rotatable bonds is 5. The molecule has 0 saturated carbocycles. The first-order valence-corrected chi connectivity index (χ1v) is 9.21. The van der Waals surface area contributed by atoms with Gasteiger partial charge in [0.15, 0.2) is 9.84 Å². The van der Waals surface area contributed by atoms with Gasteiger partial charge in [-0.2, -0.15) is 13.2 Å². The number of carbonyl (C=O) groups excluding carboxylic acids is 1. The molecule has 0 bridgehead atoms. The maximum Gasteiger partial charge on any atom is 0.389 e. The van der Waals surface area contributed by atoms with E-state index in [9.17, 15) is 26.4 Å². The van der Waals surface area contributed by atoms with Crippen LogP contribution in [-0.2, 0) is 16.3 Å². The van der Waals surface area contributed by atoms with Gasteiger partial charge in [-0.3, -0.25) is 4.79 Å². The van der Waals surface area contributed by atoms with Crippen molar-refractivity contribution in [3.05, 3.63) is 59.7 Å². The number of hydrogen-bond acceptors (Lipinski definition) is 3. The summed E-state index contributed by atoms with van der Waals surface area (Å²) in [7, 11) is -3.37. The van der Waals surface area contributed by atoms with E-state index in [0.29, 0.717) is 11.3 Å². The zero-order valence-corrected chi connectivity index (χ0v) is 14.1. The molecule has 0 heterocycles. The van der Waals surface area contributed by atoms with Crippen LogP contribution in [0.15, 0.2) is 53.4 Å². The number of halogens is 3. The Balaban J connectivity index is 2.15. The second kappa shape index (κ2) is 7.26. The number of carbonyl (C=O) groups is 1. The van der Waals surface area contributed by atoms with E-state index in [-0.39, 0.29) is 16.9 Å². The first-order valence-electron chi connectivity index (χ1n) is 7.32. The molecule has 0 fully saturated rings. The summed E-state index contributed by atoms with van der Waals surface area (Å²) in [6, 6.07) is 11.6. The predicted octanol–water partition coefficient (Wildman–Crippen LogP) is 3.84. The van der Waals surface area contributed by atoms with Gasteiger partial charge in [-0.05, 0) is 42.3 Å². The van der Waals surface area contributed by atoms with E-state index in [1.165, 1.54) is 36.4 Å². The predicted molar refractivity (Wildman–Crippen MR) is 88.3 cm³/mol. The largest absolute Gasteiger partial charge is 0.389 e. The van der Waals surface area contributed by atoms with E-state index in [1.54, 1.807) is 12.1 Å². The molecule has 1 amide bonds. The van der Waals surface area contributed by atoms with Crippen molar-refractivity contribution in [2.45, 2.75) is 23.9 Å². The van der Waals surface area contributed by atoms with Crippen LogP contribution in [0.1, 0.15) is 22.3 Å². The van der Waals surface area contributed by atoms with Gasteiger partial charge in [0.1, 0.15) is 0 Å². The molecule has 0 saturated heterocycles. The highest BCUT2D eigenvalue weighted by Gasteiger charge is 2.27. The average Bonchev–Trinajstić information content (AvgIpc) is 2.52.